The van der Waals surface area contributed by atoms with Gasteiger partial charge in [0, 0.05) is 37.8 Å². The quantitative estimate of drug-likeness (QED) is 0.296. The molecule has 0 saturated carbocycles. The average Bonchev–Trinajstić information content (AvgIpc) is 3.32. The summed E-state index contributed by atoms with van der Waals surface area (Å²) in [4.78, 5) is 24.6. The number of rotatable bonds is 5. The molecule has 0 amide bonds. The molecular formula is C16H22IN5O3S. The van der Waals surface area contributed by atoms with E-state index in [1.807, 2.05) is 16.5 Å². The van der Waals surface area contributed by atoms with Crippen molar-refractivity contribution in [1.82, 2.24) is 9.88 Å². The van der Waals surface area contributed by atoms with Crippen molar-refractivity contribution in [2.45, 2.75) is 13.5 Å². The molecule has 0 bridgehead atoms. The van der Waals surface area contributed by atoms with Gasteiger partial charge in [0.05, 0.1) is 6.61 Å². The van der Waals surface area contributed by atoms with E-state index in [1.54, 1.807) is 30.4 Å². The zero-order valence-corrected chi connectivity index (χ0v) is 17.6. The summed E-state index contributed by atoms with van der Waals surface area (Å²) in [7, 11) is 0. The molecule has 8 nitrogen and oxygen atoms in total. The number of carbonyl (C=O) groups excluding carboxylic acids is 1. The number of thiazole rings is 1. The number of furan rings is 1. The Balaban J connectivity index is 0.00000243. The van der Waals surface area contributed by atoms with E-state index in [-0.39, 0.29) is 36.3 Å². The first-order valence-electron chi connectivity index (χ1n) is 8.12. The Morgan fingerprint density at radius 3 is 2.81 bits per heavy atom. The van der Waals surface area contributed by atoms with Crippen LogP contribution in [0.3, 0.4) is 0 Å². The summed E-state index contributed by atoms with van der Waals surface area (Å²) in [5, 5.41) is 3.02. The number of guanidine groups is 1. The highest BCUT2D eigenvalue weighted by molar-refractivity contribution is 14.0. The van der Waals surface area contributed by atoms with Gasteiger partial charge in [-0.2, -0.15) is 0 Å². The Morgan fingerprint density at radius 1 is 1.38 bits per heavy atom. The molecule has 2 N–H and O–H groups in total. The highest BCUT2D eigenvalue weighted by Crippen LogP contribution is 2.18. The fraction of sp³-hybridized carbons (Fsp3) is 0.438. The summed E-state index contributed by atoms with van der Waals surface area (Å²) in [6.45, 7) is 5.66. The molecule has 0 atom stereocenters. The maximum atomic E-state index is 11.6. The first-order valence-corrected chi connectivity index (χ1v) is 9.00. The summed E-state index contributed by atoms with van der Waals surface area (Å²) in [6, 6.07) is 3.30. The van der Waals surface area contributed by atoms with Crippen LogP contribution in [-0.4, -0.2) is 54.6 Å². The third kappa shape index (κ3) is 5.10. The molecule has 2 aromatic heterocycles. The normalized spacial score (nSPS) is 14.9. The lowest BCUT2D eigenvalue weighted by Gasteiger charge is -2.35. The van der Waals surface area contributed by atoms with E-state index in [0.717, 1.165) is 31.3 Å². The summed E-state index contributed by atoms with van der Waals surface area (Å²) in [5.41, 5.74) is 6.09. The van der Waals surface area contributed by atoms with Gasteiger partial charge in [-0.3, -0.25) is 0 Å². The minimum Gasteiger partial charge on any atom is -0.460 e. The van der Waals surface area contributed by atoms with Crippen LogP contribution in [-0.2, 0) is 11.3 Å². The van der Waals surface area contributed by atoms with Crippen molar-refractivity contribution in [2.24, 2.45) is 10.7 Å². The van der Waals surface area contributed by atoms with E-state index in [0.29, 0.717) is 18.3 Å². The van der Waals surface area contributed by atoms with Crippen LogP contribution in [0.1, 0.15) is 23.2 Å². The number of nitrogens with two attached hydrogens (primary N) is 1. The van der Waals surface area contributed by atoms with Gasteiger partial charge < -0.3 is 24.7 Å². The molecule has 0 aromatic carbocycles. The molecule has 0 aliphatic carbocycles. The van der Waals surface area contributed by atoms with Gasteiger partial charge in [0.25, 0.3) is 0 Å². The number of piperazine rings is 1. The first-order chi connectivity index (χ1) is 12.2. The van der Waals surface area contributed by atoms with Crippen molar-refractivity contribution < 1.29 is 13.9 Å². The molecule has 142 valence electrons. The molecule has 26 heavy (non-hydrogen) atoms. The van der Waals surface area contributed by atoms with Crippen LogP contribution >= 0.6 is 35.3 Å². The van der Waals surface area contributed by atoms with Crippen molar-refractivity contribution in [3.8, 4) is 0 Å². The number of hydrogen-bond donors (Lipinski definition) is 1. The molecule has 2 aromatic rings. The summed E-state index contributed by atoms with van der Waals surface area (Å²) < 4.78 is 10.3. The molecular weight excluding hydrogens is 469 g/mol. The van der Waals surface area contributed by atoms with Gasteiger partial charge in [-0.05, 0) is 19.1 Å². The highest BCUT2D eigenvalue weighted by Gasteiger charge is 2.20. The smallest absolute Gasteiger partial charge is 0.374 e. The molecule has 1 fully saturated rings. The third-order valence-corrected chi connectivity index (χ3v) is 4.66. The van der Waals surface area contributed by atoms with Gasteiger partial charge in [0.2, 0.25) is 5.76 Å². The summed E-state index contributed by atoms with van der Waals surface area (Å²) in [6.07, 6.45) is 1.82. The zero-order valence-electron chi connectivity index (χ0n) is 14.5. The Labute approximate surface area is 173 Å². The molecule has 3 rings (SSSR count). The van der Waals surface area contributed by atoms with Crippen LogP contribution in [0.4, 0.5) is 5.13 Å². The number of carbonyl (C=O) groups is 1. The van der Waals surface area contributed by atoms with Gasteiger partial charge >= 0.3 is 5.97 Å². The predicted molar refractivity (Wildman–Crippen MR) is 111 cm³/mol. The minimum absolute atomic E-state index is 0. The van der Waals surface area contributed by atoms with Crippen LogP contribution in [0.5, 0.6) is 0 Å². The second kappa shape index (κ2) is 9.76. The standard InChI is InChI=1S/C16H21N5O3S.HI/c1-2-23-14(22)13-4-3-12(24-13)11-19-15(17)20-6-8-21(9-7-20)16-18-5-10-25-16;/h3-5,10H,2,6-9,11H2,1H3,(H2,17,19);1H. The molecule has 0 radical (unpaired) electrons. The van der Waals surface area contributed by atoms with Gasteiger partial charge in [-0.15, -0.1) is 35.3 Å². The number of hydrogen-bond acceptors (Lipinski definition) is 7. The number of esters is 1. The average molecular weight is 491 g/mol. The van der Waals surface area contributed by atoms with E-state index in [4.69, 9.17) is 14.9 Å². The Kier molecular flexibility index (Phi) is 7.69. The van der Waals surface area contributed by atoms with Crippen LogP contribution in [0.25, 0.3) is 0 Å². The number of aliphatic imine (C=N–C) groups is 1. The van der Waals surface area contributed by atoms with Crippen LogP contribution in [0.2, 0.25) is 0 Å². The molecule has 10 heteroatoms. The van der Waals surface area contributed by atoms with E-state index in [9.17, 15) is 4.79 Å². The second-order valence-electron chi connectivity index (χ2n) is 5.45. The number of nitrogens with zero attached hydrogens (tertiary/aromatic N) is 4. The number of aromatic nitrogens is 1. The van der Waals surface area contributed by atoms with Crippen molar-refractivity contribution in [3.05, 3.63) is 35.2 Å². The summed E-state index contributed by atoms with van der Waals surface area (Å²) >= 11 is 1.64. The van der Waals surface area contributed by atoms with Crippen LogP contribution in [0, 0.1) is 0 Å². The maximum Gasteiger partial charge on any atom is 0.374 e. The lowest BCUT2D eigenvalue weighted by molar-refractivity contribution is 0.0488. The Morgan fingerprint density at radius 2 is 2.15 bits per heavy atom. The zero-order chi connectivity index (χ0) is 17.6. The molecule has 1 aliphatic heterocycles. The fourth-order valence-electron chi connectivity index (χ4n) is 2.53. The van der Waals surface area contributed by atoms with Gasteiger partial charge in [-0.25, -0.2) is 14.8 Å². The Bertz CT molecular complexity index is 726. The van der Waals surface area contributed by atoms with Crippen LogP contribution in [0.15, 0.2) is 33.1 Å². The minimum atomic E-state index is -0.469. The molecule has 1 saturated heterocycles. The summed E-state index contributed by atoms with van der Waals surface area (Å²) in [5.74, 6) is 0.770. The van der Waals surface area contributed by atoms with Gasteiger partial charge in [0.1, 0.15) is 12.3 Å². The maximum absolute atomic E-state index is 11.6. The molecule has 3 heterocycles. The lowest BCUT2D eigenvalue weighted by Crippen LogP contribution is -2.51. The molecule has 0 unspecified atom stereocenters. The number of halogens is 1. The van der Waals surface area contributed by atoms with E-state index in [2.05, 4.69) is 14.9 Å². The van der Waals surface area contributed by atoms with Crippen molar-refractivity contribution >= 4 is 52.4 Å². The first kappa shape index (κ1) is 20.5. The SMILES string of the molecule is CCOC(=O)c1ccc(CN=C(N)N2CCN(c3nccs3)CC2)o1.I. The van der Waals surface area contributed by atoms with Gasteiger partial charge in [-0.1, -0.05) is 0 Å². The van der Waals surface area contributed by atoms with Crippen molar-refractivity contribution in [2.75, 3.05) is 37.7 Å². The van der Waals surface area contributed by atoms with Crippen molar-refractivity contribution in [1.29, 1.82) is 0 Å². The lowest BCUT2D eigenvalue weighted by atomic mass is 10.3. The molecule has 1 aliphatic rings. The van der Waals surface area contributed by atoms with E-state index < -0.39 is 5.97 Å². The third-order valence-electron chi connectivity index (χ3n) is 3.83. The Hall–Kier alpha value is -1.82. The fourth-order valence-corrected chi connectivity index (χ4v) is 3.23. The largest absolute Gasteiger partial charge is 0.460 e. The molecule has 0 spiro atoms. The highest BCUT2D eigenvalue weighted by atomic mass is 127. The predicted octanol–water partition coefficient (Wildman–Crippen LogP) is 2.17. The van der Waals surface area contributed by atoms with Crippen molar-refractivity contribution in [3.63, 3.8) is 0 Å². The number of ether oxygens (including phenoxy) is 1. The van der Waals surface area contributed by atoms with Crippen LogP contribution < -0.4 is 10.6 Å². The topological polar surface area (TPSA) is 97.2 Å². The second-order valence-corrected chi connectivity index (χ2v) is 6.32. The van der Waals surface area contributed by atoms with E-state index in [1.165, 1.54) is 0 Å². The van der Waals surface area contributed by atoms with E-state index >= 15 is 0 Å². The van der Waals surface area contributed by atoms with Gasteiger partial charge in [0.15, 0.2) is 11.1 Å². The monoisotopic (exact) mass is 491 g/mol. The number of anilines is 1.